The standard InChI is InChI=1S/C25H19N7OS/c1-15-23-17(12-19(21-8-5-11-34-21)29-24(23)31(2)30-15)25(33)28-16-9-10-22(26-13-16)32-14-27-18-6-3-4-7-20(18)32/h3-14H,1-2H3,(H,28,33). The maximum absolute atomic E-state index is 13.4. The van der Waals surface area contributed by atoms with Crippen LogP contribution in [0.2, 0.25) is 0 Å². The maximum Gasteiger partial charge on any atom is 0.256 e. The van der Waals surface area contributed by atoms with Crippen LogP contribution in [0, 0.1) is 6.92 Å². The van der Waals surface area contributed by atoms with Gasteiger partial charge < -0.3 is 5.32 Å². The summed E-state index contributed by atoms with van der Waals surface area (Å²) in [5.74, 6) is 0.491. The van der Waals surface area contributed by atoms with Crippen molar-refractivity contribution in [1.82, 2.24) is 29.3 Å². The number of hydrogen-bond donors (Lipinski definition) is 1. The van der Waals surface area contributed by atoms with Gasteiger partial charge in [-0.2, -0.15) is 5.10 Å². The van der Waals surface area contributed by atoms with E-state index in [0.717, 1.165) is 38.5 Å². The number of nitrogens with zero attached hydrogens (tertiary/aromatic N) is 6. The molecule has 0 bridgehead atoms. The molecule has 166 valence electrons. The van der Waals surface area contributed by atoms with Crippen molar-refractivity contribution in [3.8, 4) is 16.4 Å². The molecule has 0 spiro atoms. The molecule has 6 rings (SSSR count). The molecule has 0 aliphatic heterocycles. The van der Waals surface area contributed by atoms with Gasteiger partial charge in [0.1, 0.15) is 12.1 Å². The molecule has 8 nitrogen and oxygen atoms in total. The molecule has 0 atom stereocenters. The Kier molecular flexibility index (Phi) is 4.70. The van der Waals surface area contributed by atoms with E-state index in [2.05, 4.69) is 20.4 Å². The topological polar surface area (TPSA) is 90.5 Å². The Labute approximate surface area is 198 Å². The van der Waals surface area contributed by atoms with E-state index in [0.29, 0.717) is 16.9 Å². The molecule has 0 unspecified atom stereocenters. The van der Waals surface area contributed by atoms with E-state index in [4.69, 9.17) is 4.98 Å². The highest BCUT2D eigenvalue weighted by Gasteiger charge is 2.20. The van der Waals surface area contributed by atoms with Crippen molar-refractivity contribution in [2.45, 2.75) is 6.92 Å². The number of thiophene rings is 1. The Hall–Kier alpha value is -4.37. The summed E-state index contributed by atoms with van der Waals surface area (Å²) >= 11 is 1.58. The highest BCUT2D eigenvalue weighted by atomic mass is 32.1. The fraction of sp³-hybridized carbons (Fsp3) is 0.0800. The molecule has 5 heterocycles. The highest BCUT2D eigenvalue weighted by molar-refractivity contribution is 7.13. The van der Waals surface area contributed by atoms with Crippen molar-refractivity contribution in [1.29, 1.82) is 0 Å². The van der Waals surface area contributed by atoms with Crippen LogP contribution in [0.5, 0.6) is 0 Å². The van der Waals surface area contributed by atoms with E-state index >= 15 is 0 Å². The Bertz CT molecular complexity index is 1660. The molecule has 6 aromatic rings. The van der Waals surface area contributed by atoms with E-state index < -0.39 is 0 Å². The molecule has 1 amide bonds. The van der Waals surface area contributed by atoms with Gasteiger partial charge in [-0.1, -0.05) is 18.2 Å². The number of fused-ring (bicyclic) bond motifs is 2. The zero-order valence-electron chi connectivity index (χ0n) is 18.4. The minimum absolute atomic E-state index is 0.232. The molecular weight excluding hydrogens is 446 g/mol. The first-order chi connectivity index (χ1) is 16.6. The molecular formula is C25H19N7OS. The molecule has 0 fully saturated rings. The van der Waals surface area contributed by atoms with E-state index in [1.165, 1.54) is 0 Å². The number of pyridine rings is 2. The van der Waals surface area contributed by atoms with Crippen LogP contribution in [0.3, 0.4) is 0 Å². The lowest BCUT2D eigenvalue weighted by atomic mass is 10.1. The lowest BCUT2D eigenvalue weighted by Crippen LogP contribution is -2.13. The van der Waals surface area contributed by atoms with Crippen molar-refractivity contribution >= 4 is 45.0 Å². The summed E-state index contributed by atoms with van der Waals surface area (Å²) in [7, 11) is 1.84. The number of rotatable bonds is 4. The van der Waals surface area contributed by atoms with Crippen LogP contribution in [0.25, 0.3) is 38.5 Å². The zero-order valence-corrected chi connectivity index (χ0v) is 19.2. The number of hydrogen-bond acceptors (Lipinski definition) is 6. The Balaban J connectivity index is 1.35. The first-order valence-electron chi connectivity index (χ1n) is 10.7. The predicted molar refractivity (Wildman–Crippen MR) is 133 cm³/mol. The normalized spacial score (nSPS) is 11.4. The van der Waals surface area contributed by atoms with Crippen LogP contribution in [0.1, 0.15) is 16.1 Å². The minimum Gasteiger partial charge on any atom is -0.321 e. The quantitative estimate of drug-likeness (QED) is 0.396. The number of imidazole rings is 1. The molecule has 5 aromatic heterocycles. The summed E-state index contributed by atoms with van der Waals surface area (Å²) in [4.78, 5) is 28.1. The largest absolute Gasteiger partial charge is 0.321 e. The number of aromatic nitrogens is 6. The molecule has 0 aliphatic carbocycles. The summed E-state index contributed by atoms with van der Waals surface area (Å²) in [6.45, 7) is 1.89. The van der Waals surface area contributed by atoms with Crippen molar-refractivity contribution in [2.75, 3.05) is 5.32 Å². The molecule has 1 aromatic carbocycles. The van der Waals surface area contributed by atoms with Gasteiger partial charge in [0.2, 0.25) is 0 Å². The second kappa shape index (κ2) is 7.89. The average molecular weight is 466 g/mol. The van der Waals surface area contributed by atoms with Gasteiger partial charge in [0.05, 0.1) is 50.1 Å². The van der Waals surface area contributed by atoms with Crippen LogP contribution >= 0.6 is 11.3 Å². The number of para-hydroxylation sites is 2. The zero-order chi connectivity index (χ0) is 23.2. The Morgan fingerprint density at radius 2 is 1.94 bits per heavy atom. The smallest absolute Gasteiger partial charge is 0.256 e. The number of amides is 1. The molecule has 1 N–H and O–H groups in total. The summed E-state index contributed by atoms with van der Waals surface area (Å²) in [6.07, 6.45) is 3.40. The molecule has 0 saturated heterocycles. The van der Waals surface area contributed by atoms with Gasteiger partial charge in [0.15, 0.2) is 5.65 Å². The number of nitrogens with one attached hydrogen (secondary N) is 1. The van der Waals surface area contributed by atoms with E-state index in [1.807, 2.05) is 78.5 Å². The van der Waals surface area contributed by atoms with Crippen molar-refractivity contribution < 1.29 is 4.79 Å². The summed E-state index contributed by atoms with van der Waals surface area (Å²) < 4.78 is 3.63. The van der Waals surface area contributed by atoms with Gasteiger partial charge in [-0.25, -0.2) is 15.0 Å². The Morgan fingerprint density at radius 3 is 2.74 bits per heavy atom. The second-order valence-corrected chi connectivity index (χ2v) is 8.85. The van der Waals surface area contributed by atoms with Gasteiger partial charge >= 0.3 is 0 Å². The third-order valence-corrected chi connectivity index (χ3v) is 6.59. The van der Waals surface area contributed by atoms with Gasteiger partial charge in [-0.05, 0) is 48.7 Å². The monoisotopic (exact) mass is 465 g/mol. The van der Waals surface area contributed by atoms with Gasteiger partial charge in [0, 0.05) is 7.05 Å². The second-order valence-electron chi connectivity index (χ2n) is 7.90. The summed E-state index contributed by atoms with van der Waals surface area (Å²) in [5, 5.41) is 10.2. The lowest BCUT2D eigenvalue weighted by Gasteiger charge is -2.09. The molecule has 34 heavy (non-hydrogen) atoms. The van der Waals surface area contributed by atoms with Crippen LogP contribution in [0.4, 0.5) is 5.69 Å². The minimum atomic E-state index is -0.232. The SMILES string of the molecule is Cc1nn(C)c2nc(-c3cccs3)cc(C(=O)Nc3ccc(-n4cnc5ccccc54)nc3)c12. The first-order valence-corrected chi connectivity index (χ1v) is 11.5. The van der Waals surface area contributed by atoms with E-state index in [1.54, 1.807) is 28.5 Å². The van der Waals surface area contributed by atoms with Crippen molar-refractivity contribution in [3.63, 3.8) is 0 Å². The van der Waals surface area contributed by atoms with Gasteiger partial charge in [0.25, 0.3) is 5.91 Å². The molecule has 0 radical (unpaired) electrons. The Morgan fingerprint density at radius 1 is 1.06 bits per heavy atom. The van der Waals surface area contributed by atoms with Gasteiger partial charge in [-0.15, -0.1) is 11.3 Å². The number of carbonyl (C=O) groups is 1. The van der Waals surface area contributed by atoms with Crippen molar-refractivity contribution in [3.05, 3.63) is 83.8 Å². The number of aryl methyl sites for hydroxylation is 2. The number of benzene rings is 1. The van der Waals surface area contributed by atoms with Crippen molar-refractivity contribution in [2.24, 2.45) is 7.05 Å². The molecule has 0 aliphatic rings. The maximum atomic E-state index is 13.4. The third-order valence-electron chi connectivity index (χ3n) is 5.69. The molecule has 0 saturated carbocycles. The number of anilines is 1. The first kappa shape index (κ1) is 20.3. The summed E-state index contributed by atoms with van der Waals surface area (Å²) in [5.41, 5.74) is 5.18. The predicted octanol–water partition coefficient (Wildman–Crippen LogP) is 4.99. The highest BCUT2D eigenvalue weighted by Crippen LogP contribution is 2.30. The van der Waals surface area contributed by atoms with Crippen LogP contribution < -0.4 is 5.32 Å². The fourth-order valence-corrected chi connectivity index (χ4v) is 4.80. The molecule has 9 heteroatoms. The van der Waals surface area contributed by atoms with Crippen LogP contribution in [0.15, 0.2) is 72.5 Å². The number of carbonyl (C=O) groups excluding carboxylic acids is 1. The van der Waals surface area contributed by atoms with E-state index in [9.17, 15) is 4.79 Å². The third kappa shape index (κ3) is 3.34. The summed E-state index contributed by atoms with van der Waals surface area (Å²) in [6, 6.07) is 17.4. The van der Waals surface area contributed by atoms with Crippen LogP contribution in [-0.2, 0) is 7.05 Å². The van der Waals surface area contributed by atoms with Gasteiger partial charge in [-0.3, -0.25) is 14.0 Å². The van der Waals surface area contributed by atoms with Crippen LogP contribution in [-0.4, -0.2) is 35.2 Å². The fourth-order valence-electron chi connectivity index (χ4n) is 4.12. The van der Waals surface area contributed by atoms with E-state index in [-0.39, 0.29) is 5.91 Å². The average Bonchev–Trinajstić information content (AvgIpc) is 3.59. The lowest BCUT2D eigenvalue weighted by molar-refractivity contribution is 0.102.